The number of nitrogens with zero attached hydrogens (tertiary/aromatic N) is 1. The Kier molecular flexibility index (Phi) is 3.88. The summed E-state index contributed by atoms with van der Waals surface area (Å²) in [5.74, 6) is 0.733. The fourth-order valence-corrected chi connectivity index (χ4v) is 3.60. The number of hydrogen-bond acceptors (Lipinski definition) is 3. The normalized spacial score (nSPS) is 19.8. The Morgan fingerprint density at radius 2 is 2.06 bits per heavy atom. The zero-order chi connectivity index (χ0) is 12.5. The van der Waals surface area contributed by atoms with Crippen molar-refractivity contribution in [1.82, 2.24) is 4.98 Å². The van der Waals surface area contributed by atoms with Crippen molar-refractivity contribution in [1.29, 1.82) is 0 Å². The van der Waals surface area contributed by atoms with Gasteiger partial charge in [-0.05, 0) is 18.8 Å². The molecule has 1 heterocycles. The molecule has 1 saturated carbocycles. The highest BCUT2D eigenvalue weighted by molar-refractivity contribution is 7.09. The van der Waals surface area contributed by atoms with Gasteiger partial charge >= 0.3 is 0 Å². The minimum absolute atomic E-state index is 0.159. The lowest BCUT2D eigenvalue weighted by Gasteiger charge is -2.17. The summed E-state index contributed by atoms with van der Waals surface area (Å²) in [5, 5.41) is 3.41. The van der Waals surface area contributed by atoms with E-state index >= 15 is 0 Å². The number of thiazole rings is 1. The largest absolute Gasteiger partial charge is 0.327 e. The molecule has 1 unspecified atom stereocenters. The van der Waals surface area contributed by atoms with Crippen LogP contribution < -0.4 is 5.73 Å². The Morgan fingerprint density at radius 3 is 2.59 bits per heavy atom. The summed E-state index contributed by atoms with van der Waals surface area (Å²) in [6.45, 7) is 6.63. The van der Waals surface area contributed by atoms with E-state index in [0.717, 1.165) is 12.3 Å². The molecule has 1 fully saturated rings. The van der Waals surface area contributed by atoms with Gasteiger partial charge in [0, 0.05) is 23.3 Å². The number of aromatic nitrogens is 1. The molecular weight excluding hydrogens is 228 g/mol. The van der Waals surface area contributed by atoms with Crippen molar-refractivity contribution in [3.63, 3.8) is 0 Å². The van der Waals surface area contributed by atoms with Crippen LogP contribution in [0.2, 0.25) is 0 Å². The molecule has 96 valence electrons. The predicted molar refractivity (Wildman–Crippen MR) is 74.5 cm³/mol. The average Bonchev–Trinajstić information content (AvgIpc) is 2.85. The molecule has 2 N–H and O–H groups in total. The molecule has 1 aromatic heterocycles. The van der Waals surface area contributed by atoms with Gasteiger partial charge in [-0.1, -0.05) is 33.6 Å². The maximum absolute atomic E-state index is 6.30. The zero-order valence-electron chi connectivity index (χ0n) is 11.2. The molecule has 2 rings (SSSR count). The Morgan fingerprint density at radius 1 is 1.41 bits per heavy atom. The number of nitrogens with two attached hydrogens (primary N) is 1. The van der Waals surface area contributed by atoms with Crippen LogP contribution in [0.5, 0.6) is 0 Å². The molecule has 0 bridgehead atoms. The van der Waals surface area contributed by atoms with Crippen LogP contribution >= 0.6 is 11.3 Å². The van der Waals surface area contributed by atoms with Gasteiger partial charge in [0.15, 0.2) is 0 Å². The second kappa shape index (κ2) is 5.07. The Labute approximate surface area is 109 Å². The third-order valence-corrected chi connectivity index (χ3v) is 4.61. The summed E-state index contributed by atoms with van der Waals surface area (Å²) in [6.07, 6.45) is 6.33. The van der Waals surface area contributed by atoms with E-state index in [9.17, 15) is 0 Å². The van der Waals surface area contributed by atoms with Gasteiger partial charge < -0.3 is 5.73 Å². The monoisotopic (exact) mass is 252 g/mol. The predicted octanol–water partition coefficient (Wildman–Crippen LogP) is 3.50. The van der Waals surface area contributed by atoms with Crippen LogP contribution in [0.15, 0.2) is 5.38 Å². The highest BCUT2D eigenvalue weighted by atomic mass is 32.1. The van der Waals surface area contributed by atoms with E-state index in [1.54, 1.807) is 11.3 Å². The molecule has 0 amide bonds. The van der Waals surface area contributed by atoms with Gasteiger partial charge in [-0.3, -0.25) is 0 Å². The van der Waals surface area contributed by atoms with Crippen molar-refractivity contribution in [3.8, 4) is 0 Å². The van der Waals surface area contributed by atoms with E-state index in [4.69, 9.17) is 10.7 Å². The maximum atomic E-state index is 6.30. The van der Waals surface area contributed by atoms with Crippen LogP contribution in [-0.4, -0.2) is 11.0 Å². The first-order valence-corrected chi connectivity index (χ1v) is 7.55. The van der Waals surface area contributed by atoms with Gasteiger partial charge in [0.2, 0.25) is 0 Å². The fraction of sp³-hybridized carbons (Fsp3) is 0.786. The molecule has 2 nitrogen and oxygen atoms in total. The molecule has 0 radical (unpaired) electrons. The van der Waals surface area contributed by atoms with Crippen molar-refractivity contribution >= 4 is 11.3 Å². The molecule has 1 aromatic rings. The van der Waals surface area contributed by atoms with Crippen LogP contribution in [0.1, 0.15) is 57.2 Å². The molecule has 1 aliphatic rings. The van der Waals surface area contributed by atoms with Crippen molar-refractivity contribution in [2.24, 2.45) is 11.7 Å². The molecule has 0 aromatic carbocycles. The second-order valence-corrected chi connectivity index (χ2v) is 7.23. The number of rotatable bonds is 3. The third-order valence-electron chi connectivity index (χ3n) is 3.74. The van der Waals surface area contributed by atoms with Crippen molar-refractivity contribution in [2.45, 2.75) is 64.3 Å². The summed E-state index contributed by atoms with van der Waals surface area (Å²) in [5.41, 5.74) is 7.66. The van der Waals surface area contributed by atoms with Gasteiger partial charge in [-0.15, -0.1) is 11.3 Å². The third kappa shape index (κ3) is 3.29. The minimum Gasteiger partial charge on any atom is -0.327 e. The van der Waals surface area contributed by atoms with Crippen LogP contribution in [-0.2, 0) is 11.8 Å². The first kappa shape index (κ1) is 13.0. The quantitative estimate of drug-likeness (QED) is 0.894. The van der Waals surface area contributed by atoms with E-state index in [2.05, 4.69) is 26.2 Å². The molecule has 3 heteroatoms. The van der Waals surface area contributed by atoms with E-state index in [1.165, 1.54) is 36.4 Å². The standard InChI is InChI=1S/C14H24N2S/c1-14(2,3)12-9-17-13(16-12)8-11(15)10-6-4-5-7-10/h9-11H,4-8,15H2,1-3H3. The molecule has 0 spiro atoms. The van der Waals surface area contributed by atoms with E-state index in [0.29, 0.717) is 6.04 Å². The van der Waals surface area contributed by atoms with Crippen molar-refractivity contribution in [2.75, 3.05) is 0 Å². The highest BCUT2D eigenvalue weighted by Crippen LogP contribution is 2.30. The van der Waals surface area contributed by atoms with Crippen molar-refractivity contribution < 1.29 is 0 Å². The molecule has 0 aliphatic heterocycles. The fourth-order valence-electron chi connectivity index (χ4n) is 2.50. The molecule has 0 saturated heterocycles. The molecule has 1 aliphatic carbocycles. The maximum Gasteiger partial charge on any atom is 0.0944 e. The first-order chi connectivity index (χ1) is 7.97. The highest BCUT2D eigenvalue weighted by Gasteiger charge is 2.24. The summed E-state index contributed by atoms with van der Waals surface area (Å²) in [4.78, 5) is 4.73. The van der Waals surface area contributed by atoms with Gasteiger partial charge in [-0.25, -0.2) is 4.98 Å². The Hall–Kier alpha value is -0.410. The lowest BCUT2D eigenvalue weighted by Crippen LogP contribution is -2.30. The lowest BCUT2D eigenvalue weighted by molar-refractivity contribution is 0.428. The summed E-state index contributed by atoms with van der Waals surface area (Å²) < 4.78 is 0. The summed E-state index contributed by atoms with van der Waals surface area (Å²) in [7, 11) is 0. The zero-order valence-corrected chi connectivity index (χ0v) is 12.0. The summed E-state index contributed by atoms with van der Waals surface area (Å²) >= 11 is 1.77. The van der Waals surface area contributed by atoms with Gasteiger partial charge in [-0.2, -0.15) is 0 Å². The average molecular weight is 252 g/mol. The van der Waals surface area contributed by atoms with Gasteiger partial charge in [0.25, 0.3) is 0 Å². The summed E-state index contributed by atoms with van der Waals surface area (Å²) in [6, 6.07) is 0.316. The molecule has 1 atom stereocenters. The first-order valence-electron chi connectivity index (χ1n) is 6.67. The SMILES string of the molecule is CC(C)(C)c1csc(CC(N)C2CCCC2)n1. The Bertz CT molecular complexity index is 359. The topological polar surface area (TPSA) is 38.9 Å². The lowest BCUT2D eigenvalue weighted by atomic mass is 9.93. The second-order valence-electron chi connectivity index (χ2n) is 6.29. The van der Waals surface area contributed by atoms with Gasteiger partial charge in [0.1, 0.15) is 0 Å². The smallest absolute Gasteiger partial charge is 0.0944 e. The van der Waals surface area contributed by atoms with E-state index < -0.39 is 0 Å². The van der Waals surface area contributed by atoms with Crippen molar-refractivity contribution in [3.05, 3.63) is 16.1 Å². The van der Waals surface area contributed by atoms with E-state index in [1.807, 2.05) is 0 Å². The van der Waals surface area contributed by atoms with Crippen LogP contribution in [0.25, 0.3) is 0 Å². The molecular formula is C14H24N2S. The van der Waals surface area contributed by atoms with E-state index in [-0.39, 0.29) is 5.41 Å². The van der Waals surface area contributed by atoms with Crippen LogP contribution in [0.3, 0.4) is 0 Å². The van der Waals surface area contributed by atoms with Crippen LogP contribution in [0, 0.1) is 5.92 Å². The number of hydrogen-bond donors (Lipinski definition) is 1. The minimum atomic E-state index is 0.159. The van der Waals surface area contributed by atoms with Crippen LogP contribution in [0.4, 0.5) is 0 Å². The Balaban J connectivity index is 1.96. The van der Waals surface area contributed by atoms with Gasteiger partial charge in [0.05, 0.1) is 10.7 Å². The molecule has 17 heavy (non-hydrogen) atoms.